The summed E-state index contributed by atoms with van der Waals surface area (Å²) >= 11 is 0. The van der Waals surface area contributed by atoms with Crippen molar-refractivity contribution in [2.75, 3.05) is 0 Å². The van der Waals surface area contributed by atoms with Gasteiger partial charge in [-0.1, -0.05) is 49.7 Å². The molecule has 6 atom stereocenters. The van der Waals surface area contributed by atoms with Gasteiger partial charge in [-0.25, -0.2) is 0 Å². The summed E-state index contributed by atoms with van der Waals surface area (Å²) in [6.45, 7) is 7.29. The van der Waals surface area contributed by atoms with Gasteiger partial charge < -0.3 is 5.21 Å². The zero-order chi connectivity index (χ0) is 19.5. The summed E-state index contributed by atoms with van der Waals surface area (Å²) in [5.74, 6) is 2.64. The first-order chi connectivity index (χ1) is 13.5. The lowest BCUT2D eigenvalue weighted by molar-refractivity contribution is -0.0105. The summed E-state index contributed by atoms with van der Waals surface area (Å²) in [6.07, 6.45) is 17.8. The Bertz CT molecular complexity index is 912. The minimum atomic E-state index is 0.0922. The number of rotatable bonds is 1. The lowest BCUT2D eigenvalue weighted by Gasteiger charge is -2.58. The van der Waals surface area contributed by atoms with Gasteiger partial charge in [-0.15, -0.1) is 0 Å². The second-order valence-corrected chi connectivity index (χ2v) is 9.81. The van der Waals surface area contributed by atoms with Crippen molar-refractivity contribution >= 4 is 11.3 Å². The molecule has 0 radical (unpaired) electrons. The molecular weight excluding hydrogens is 344 g/mol. The largest absolute Gasteiger partial charge is 0.410 e. The highest BCUT2D eigenvalue weighted by Gasteiger charge is 2.57. The van der Waals surface area contributed by atoms with E-state index in [1.54, 1.807) is 0 Å². The first kappa shape index (κ1) is 17.9. The van der Waals surface area contributed by atoms with E-state index in [2.05, 4.69) is 61.3 Å². The molecule has 1 heterocycles. The first-order valence-corrected chi connectivity index (χ1v) is 10.7. The average molecular weight is 375 g/mol. The maximum Gasteiger partial charge on any atom is 0.102 e. The predicted molar refractivity (Wildman–Crippen MR) is 113 cm³/mol. The van der Waals surface area contributed by atoms with Gasteiger partial charge in [0.2, 0.25) is 0 Å². The molecule has 3 nitrogen and oxygen atoms in total. The molecule has 0 saturated heterocycles. The number of oxime groups is 1. The van der Waals surface area contributed by atoms with Crippen LogP contribution >= 0.6 is 0 Å². The lowest BCUT2D eigenvalue weighted by Crippen LogP contribution is -2.50. The van der Waals surface area contributed by atoms with E-state index in [4.69, 9.17) is 0 Å². The second-order valence-electron chi connectivity index (χ2n) is 9.81. The van der Waals surface area contributed by atoms with Crippen molar-refractivity contribution in [3.05, 3.63) is 60.0 Å². The second kappa shape index (κ2) is 6.17. The number of aromatic nitrogens is 1. The highest BCUT2D eigenvalue weighted by atomic mass is 16.4. The van der Waals surface area contributed by atoms with E-state index in [0.717, 1.165) is 5.92 Å². The standard InChI is InChI=1S/C25H30N2O/c1-16-13-19-21-7-6-20(17-5-4-12-26-15-17)24(21,2)11-9-22(19)25(3)10-8-18(27-28)14-23(16)25/h4-6,8,10,12,14-16,19,21-22,28H,7,9,11,13H2,1-3H3/b27-18-/t16?,19?,21?,22?,24-,25-/m1/s1. The smallest absolute Gasteiger partial charge is 0.102 e. The van der Waals surface area contributed by atoms with Crippen LogP contribution in [-0.2, 0) is 0 Å². The van der Waals surface area contributed by atoms with Crippen LogP contribution in [0, 0.1) is 34.5 Å². The first-order valence-electron chi connectivity index (χ1n) is 10.7. The van der Waals surface area contributed by atoms with Crippen LogP contribution in [0.2, 0.25) is 0 Å². The van der Waals surface area contributed by atoms with Gasteiger partial charge in [-0.3, -0.25) is 4.98 Å². The molecule has 0 aliphatic heterocycles. The monoisotopic (exact) mass is 374 g/mol. The lowest BCUT2D eigenvalue weighted by atomic mass is 9.46. The highest BCUT2D eigenvalue weighted by molar-refractivity contribution is 6.05. The summed E-state index contributed by atoms with van der Waals surface area (Å²) in [4.78, 5) is 4.38. The van der Waals surface area contributed by atoms with Crippen LogP contribution in [0.25, 0.3) is 5.57 Å². The third-order valence-corrected chi connectivity index (χ3v) is 8.56. The molecule has 1 N–H and O–H groups in total. The van der Waals surface area contributed by atoms with Gasteiger partial charge in [0, 0.05) is 17.8 Å². The van der Waals surface area contributed by atoms with Crippen molar-refractivity contribution in [3.8, 4) is 0 Å². The fraction of sp³-hybridized carbons (Fsp3) is 0.520. The van der Waals surface area contributed by atoms with Crippen LogP contribution in [0.3, 0.4) is 0 Å². The van der Waals surface area contributed by atoms with Gasteiger partial charge in [-0.2, -0.15) is 0 Å². The molecule has 4 aliphatic carbocycles. The van der Waals surface area contributed by atoms with E-state index < -0.39 is 0 Å². The van der Waals surface area contributed by atoms with Gasteiger partial charge in [0.25, 0.3) is 0 Å². The quantitative estimate of drug-likeness (QED) is 0.492. The molecule has 4 unspecified atom stereocenters. The predicted octanol–water partition coefficient (Wildman–Crippen LogP) is 5.89. The van der Waals surface area contributed by atoms with Crippen LogP contribution in [0.15, 0.2) is 59.6 Å². The minimum absolute atomic E-state index is 0.0922. The Morgan fingerprint density at radius 1 is 1.25 bits per heavy atom. The van der Waals surface area contributed by atoms with E-state index in [-0.39, 0.29) is 10.8 Å². The van der Waals surface area contributed by atoms with Gasteiger partial charge >= 0.3 is 0 Å². The molecule has 2 saturated carbocycles. The van der Waals surface area contributed by atoms with Crippen LogP contribution in [0.5, 0.6) is 0 Å². The van der Waals surface area contributed by atoms with Crippen molar-refractivity contribution in [1.29, 1.82) is 0 Å². The number of allylic oxidation sites excluding steroid dienone is 6. The van der Waals surface area contributed by atoms with Crippen molar-refractivity contribution in [3.63, 3.8) is 0 Å². The van der Waals surface area contributed by atoms with Gasteiger partial charge in [0.1, 0.15) is 5.71 Å². The molecule has 5 rings (SSSR count). The van der Waals surface area contributed by atoms with E-state index in [0.29, 0.717) is 23.5 Å². The summed E-state index contributed by atoms with van der Waals surface area (Å²) in [6, 6.07) is 4.29. The Morgan fingerprint density at radius 3 is 2.86 bits per heavy atom. The average Bonchev–Trinajstić information content (AvgIpc) is 3.06. The molecular formula is C25H30N2O. The topological polar surface area (TPSA) is 45.5 Å². The Morgan fingerprint density at radius 2 is 2.11 bits per heavy atom. The zero-order valence-corrected chi connectivity index (χ0v) is 17.1. The molecule has 4 aliphatic rings. The summed E-state index contributed by atoms with van der Waals surface area (Å²) < 4.78 is 0. The number of pyridine rings is 1. The Balaban J connectivity index is 1.51. The Hall–Kier alpha value is -2.16. The normalized spacial score (nSPS) is 43.0. The van der Waals surface area contributed by atoms with Crippen molar-refractivity contribution in [2.45, 2.75) is 46.5 Å². The molecule has 1 aromatic heterocycles. The zero-order valence-electron chi connectivity index (χ0n) is 17.1. The molecule has 3 heteroatoms. The molecule has 0 aromatic carbocycles. The molecule has 2 fully saturated rings. The highest BCUT2D eigenvalue weighted by Crippen LogP contribution is 2.66. The third kappa shape index (κ3) is 2.34. The molecule has 1 aromatic rings. The molecule has 0 amide bonds. The fourth-order valence-corrected chi connectivity index (χ4v) is 7.22. The summed E-state index contributed by atoms with van der Waals surface area (Å²) in [7, 11) is 0. The number of hydrogen-bond donors (Lipinski definition) is 1. The van der Waals surface area contributed by atoms with Crippen LogP contribution in [-0.4, -0.2) is 15.9 Å². The van der Waals surface area contributed by atoms with E-state index in [1.807, 2.05) is 18.5 Å². The van der Waals surface area contributed by atoms with E-state index >= 15 is 0 Å². The Labute approximate surface area is 168 Å². The summed E-state index contributed by atoms with van der Waals surface area (Å²) in [5.41, 5.74) is 5.35. The molecule has 0 spiro atoms. The maximum atomic E-state index is 9.26. The van der Waals surface area contributed by atoms with Crippen LogP contribution in [0.4, 0.5) is 0 Å². The summed E-state index contributed by atoms with van der Waals surface area (Å²) in [5, 5.41) is 12.7. The number of fused-ring (bicyclic) bond motifs is 5. The van der Waals surface area contributed by atoms with Gasteiger partial charge in [0.15, 0.2) is 0 Å². The molecule has 0 bridgehead atoms. The maximum absolute atomic E-state index is 9.26. The van der Waals surface area contributed by atoms with Crippen LogP contribution in [0.1, 0.15) is 52.0 Å². The van der Waals surface area contributed by atoms with Crippen molar-refractivity contribution < 1.29 is 5.21 Å². The van der Waals surface area contributed by atoms with Crippen molar-refractivity contribution in [2.24, 2.45) is 39.7 Å². The fourth-order valence-electron chi connectivity index (χ4n) is 7.22. The van der Waals surface area contributed by atoms with Gasteiger partial charge in [-0.05, 0) is 84.1 Å². The van der Waals surface area contributed by atoms with Crippen molar-refractivity contribution in [1.82, 2.24) is 4.98 Å². The van der Waals surface area contributed by atoms with Gasteiger partial charge in [0.05, 0.1) is 0 Å². The molecule has 146 valence electrons. The SMILES string of the molecule is CC1CC2C(CC[C@]3(C)C(c4cccnc4)=CCC23)[C@@]2(C)C=C/C(=N/O)C=C12. The van der Waals surface area contributed by atoms with E-state index in [9.17, 15) is 5.21 Å². The van der Waals surface area contributed by atoms with Crippen LogP contribution < -0.4 is 0 Å². The molecule has 28 heavy (non-hydrogen) atoms. The number of hydrogen-bond acceptors (Lipinski definition) is 3. The number of nitrogens with zero attached hydrogens (tertiary/aromatic N) is 2. The minimum Gasteiger partial charge on any atom is -0.410 e. The third-order valence-electron chi connectivity index (χ3n) is 8.56. The Kier molecular flexibility index (Phi) is 3.94. The van der Waals surface area contributed by atoms with E-state index in [1.165, 1.54) is 42.4 Å².